The van der Waals surface area contributed by atoms with Crippen LogP contribution in [0, 0.1) is 0 Å². The van der Waals surface area contributed by atoms with E-state index in [0.717, 1.165) is 44.8 Å². The van der Waals surface area contributed by atoms with Gasteiger partial charge in [-0.15, -0.1) is 45.3 Å². The minimum absolute atomic E-state index is 0.673. The van der Waals surface area contributed by atoms with Crippen molar-refractivity contribution in [3.05, 3.63) is 108 Å². The van der Waals surface area contributed by atoms with Gasteiger partial charge in [-0.05, 0) is 94.7 Å². The van der Waals surface area contributed by atoms with Crippen LogP contribution in [0.15, 0.2) is 106 Å². The second-order valence-corrected chi connectivity index (χ2v) is 30.8. The molecule has 0 saturated carbocycles. The van der Waals surface area contributed by atoms with Crippen molar-refractivity contribution in [1.29, 1.82) is 0 Å². The first-order chi connectivity index (χ1) is 38.0. The van der Waals surface area contributed by atoms with Crippen LogP contribution < -0.4 is 10.4 Å². The smallest absolute Gasteiger partial charge is 0.237 e. The number of oxazole rings is 2. The maximum Gasteiger partial charge on any atom is 0.237 e. The Morgan fingerprint density at radius 3 is 1.25 bits per heavy atom. The van der Waals surface area contributed by atoms with E-state index in [1.54, 1.807) is 31.5 Å². The maximum atomic E-state index is 6.79. The third-order valence-corrected chi connectivity index (χ3v) is 27.1. The second-order valence-electron chi connectivity index (χ2n) is 22.3. The number of rotatable bonds is 33. The van der Waals surface area contributed by atoms with E-state index in [4.69, 9.17) is 18.8 Å². The first-order valence-electron chi connectivity index (χ1n) is 30.4. The fraction of sp³-hybridized carbons (Fsp3) is 0.471. The molecule has 3 aromatic carbocycles. The maximum absolute atomic E-state index is 6.79. The summed E-state index contributed by atoms with van der Waals surface area (Å²) in [6.45, 7) is 9.28. The molecule has 0 amide bonds. The van der Waals surface area contributed by atoms with E-state index < -0.39 is 8.07 Å². The topological polar surface area (TPSA) is 52.1 Å². The monoisotopic (exact) mass is 1120 g/mol. The molecule has 0 bridgehead atoms. The molecule has 0 saturated heterocycles. The molecular formula is C68H84N2O2S4Si. The molecule has 10 rings (SSSR count). The summed E-state index contributed by atoms with van der Waals surface area (Å²) in [4.78, 5) is 21.4. The summed E-state index contributed by atoms with van der Waals surface area (Å²) in [6, 6.07) is 39.1. The minimum Gasteiger partial charge on any atom is -0.435 e. The highest BCUT2D eigenvalue weighted by atomic mass is 32.1. The van der Waals surface area contributed by atoms with E-state index in [9.17, 15) is 0 Å². The van der Waals surface area contributed by atoms with Crippen LogP contribution in [0.4, 0.5) is 0 Å². The summed E-state index contributed by atoms with van der Waals surface area (Å²) in [5.74, 6) is 1.37. The van der Waals surface area contributed by atoms with Crippen LogP contribution in [0.25, 0.3) is 84.1 Å². The summed E-state index contributed by atoms with van der Waals surface area (Å²) < 4.78 is 13.4. The largest absolute Gasteiger partial charge is 0.435 e. The van der Waals surface area contributed by atoms with Crippen LogP contribution >= 0.6 is 45.3 Å². The molecule has 7 heterocycles. The number of aromatic nitrogens is 2. The van der Waals surface area contributed by atoms with Crippen molar-refractivity contribution in [2.75, 3.05) is 0 Å². The number of thiophene rings is 4. The molecule has 4 nitrogen and oxygen atoms in total. The first kappa shape index (κ1) is 55.9. The molecule has 0 unspecified atom stereocenters. The zero-order valence-corrected chi connectivity index (χ0v) is 51.1. The SMILES string of the molecule is CCCCCCCCc1cc(-c2nc3cc4oc(-c5cc(CCCCCCCC)c(-c6cc7c(s6)-c6sc(-c8ccccc8)cc6[Si]7(CCCCCCCC)CCCCCCCC)s5)nc4cc3o2)sc1-c1ccccc1. The average Bonchev–Trinajstić information content (AvgIpc) is 4.37. The molecule has 0 N–H and O–H groups in total. The average molecular weight is 1120 g/mol. The summed E-state index contributed by atoms with van der Waals surface area (Å²) in [7, 11) is -2.07. The van der Waals surface area contributed by atoms with Crippen molar-refractivity contribution < 1.29 is 8.83 Å². The molecule has 0 fully saturated rings. The Kier molecular flexibility index (Phi) is 20.1. The summed E-state index contributed by atoms with van der Waals surface area (Å²) in [5.41, 5.74) is 8.62. The van der Waals surface area contributed by atoms with Gasteiger partial charge in [-0.3, -0.25) is 0 Å². The van der Waals surface area contributed by atoms with Gasteiger partial charge in [0, 0.05) is 41.4 Å². The molecule has 0 aliphatic carbocycles. The van der Waals surface area contributed by atoms with Crippen LogP contribution in [0.5, 0.6) is 0 Å². The quantitative estimate of drug-likeness (QED) is 0.0304. The second kappa shape index (κ2) is 27.7. The number of aryl methyl sites for hydroxylation is 2. The van der Waals surface area contributed by atoms with E-state index in [-0.39, 0.29) is 0 Å². The van der Waals surface area contributed by atoms with Crippen LogP contribution in [0.2, 0.25) is 12.1 Å². The third kappa shape index (κ3) is 13.3. The standard InChI is InChI=1S/C68H84N2O2S4Si/c1-5-9-13-17-21-27-39-51-43-59(75-63(51)50-37-31-26-32-38-50)67-69-53-45-56-54(46-55(53)71-67)70-68(72-56)60-44-52(40-28-22-18-14-10-6-2)64(76-60)58-48-62-66(74-58)65-61(47-57(73-65)49-35-29-25-30-36-49)77(62,41-33-23-19-15-11-7-3)42-34-24-20-16-12-8-4/h25-26,29-32,35-38,43-48H,5-24,27-28,33-34,39-42H2,1-4H3. The van der Waals surface area contributed by atoms with E-state index in [0.29, 0.717) is 11.8 Å². The highest BCUT2D eigenvalue weighted by Crippen LogP contribution is 2.50. The number of hydrogen-bond acceptors (Lipinski definition) is 8. The Labute approximate surface area is 478 Å². The number of unbranched alkanes of at least 4 members (excludes halogenated alkanes) is 20. The van der Waals surface area contributed by atoms with Gasteiger partial charge in [0.05, 0.1) is 9.75 Å². The van der Waals surface area contributed by atoms with Gasteiger partial charge >= 0.3 is 0 Å². The number of benzene rings is 3. The Bertz CT molecular complexity index is 3170. The fourth-order valence-corrected chi connectivity index (χ4v) is 24.0. The molecule has 9 heteroatoms. The van der Waals surface area contributed by atoms with Gasteiger partial charge in [-0.1, -0.05) is 230 Å². The lowest BCUT2D eigenvalue weighted by Crippen LogP contribution is -2.54. The van der Waals surface area contributed by atoms with Crippen molar-refractivity contribution in [2.45, 2.75) is 207 Å². The predicted octanol–water partition coefficient (Wildman–Crippen LogP) is 22.6. The predicted molar refractivity (Wildman–Crippen MR) is 341 cm³/mol. The Morgan fingerprint density at radius 2 is 0.753 bits per heavy atom. The zero-order valence-electron chi connectivity index (χ0n) is 46.9. The van der Waals surface area contributed by atoms with Crippen molar-refractivity contribution >= 4 is 86.0 Å². The van der Waals surface area contributed by atoms with Crippen molar-refractivity contribution in [1.82, 2.24) is 9.97 Å². The lowest BCUT2D eigenvalue weighted by atomic mass is 10.0. The van der Waals surface area contributed by atoms with Gasteiger partial charge < -0.3 is 8.83 Å². The Hall–Kier alpha value is -4.38. The fourth-order valence-electron chi connectivity index (χ4n) is 12.1. The number of fused-ring (bicyclic) bond motifs is 5. The molecule has 9 aromatic rings. The van der Waals surface area contributed by atoms with Crippen molar-refractivity contribution in [2.24, 2.45) is 0 Å². The molecular weight excluding hydrogens is 1030 g/mol. The number of nitrogens with zero attached hydrogens (tertiary/aromatic N) is 2. The molecule has 77 heavy (non-hydrogen) atoms. The van der Waals surface area contributed by atoms with Gasteiger partial charge in [0.1, 0.15) is 19.1 Å². The molecule has 0 spiro atoms. The van der Waals surface area contributed by atoms with E-state index in [1.165, 1.54) is 208 Å². The van der Waals surface area contributed by atoms with Crippen LogP contribution in [-0.2, 0) is 12.8 Å². The van der Waals surface area contributed by atoms with E-state index in [2.05, 4.69) is 135 Å². The molecule has 0 radical (unpaired) electrons. The van der Waals surface area contributed by atoms with Gasteiger partial charge in [0.2, 0.25) is 11.8 Å². The van der Waals surface area contributed by atoms with E-state index in [1.807, 2.05) is 23.5 Å². The third-order valence-electron chi connectivity index (χ3n) is 16.5. The Balaban J connectivity index is 0.977. The molecule has 6 aromatic heterocycles. The summed E-state index contributed by atoms with van der Waals surface area (Å²) in [5, 5.41) is 3.51. The lowest BCUT2D eigenvalue weighted by Gasteiger charge is -2.29. The highest BCUT2D eigenvalue weighted by molar-refractivity contribution is 7.33. The first-order valence-corrected chi connectivity index (χ1v) is 36.1. The normalized spacial score (nSPS) is 12.9. The van der Waals surface area contributed by atoms with Gasteiger partial charge in [0.15, 0.2) is 11.2 Å². The summed E-state index contributed by atoms with van der Waals surface area (Å²) in [6.07, 6.45) is 33.8. The molecule has 1 aliphatic heterocycles. The van der Waals surface area contributed by atoms with Crippen molar-refractivity contribution in [3.63, 3.8) is 0 Å². The zero-order chi connectivity index (χ0) is 52.8. The van der Waals surface area contributed by atoms with Crippen LogP contribution in [0.1, 0.15) is 193 Å². The van der Waals surface area contributed by atoms with Gasteiger partial charge in [0.25, 0.3) is 0 Å². The highest BCUT2D eigenvalue weighted by Gasteiger charge is 2.47. The molecule has 406 valence electrons. The van der Waals surface area contributed by atoms with E-state index >= 15 is 0 Å². The molecule has 1 aliphatic rings. The minimum atomic E-state index is -2.07. The Morgan fingerprint density at radius 1 is 0.364 bits per heavy atom. The van der Waals surface area contributed by atoms with Gasteiger partial charge in [-0.25, -0.2) is 9.97 Å². The van der Waals surface area contributed by atoms with Crippen LogP contribution in [-0.4, -0.2) is 18.0 Å². The van der Waals surface area contributed by atoms with Crippen LogP contribution in [0.3, 0.4) is 0 Å². The number of hydrogen-bond donors (Lipinski definition) is 0. The molecule has 0 atom stereocenters. The van der Waals surface area contributed by atoms with Crippen molar-refractivity contribution in [3.8, 4) is 61.9 Å². The van der Waals surface area contributed by atoms with Gasteiger partial charge in [-0.2, -0.15) is 0 Å². The lowest BCUT2D eigenvalue weighted by molar-refractivity contribution is 0.607. The summed E-state index contributed by atoms with van der Waals surface area (Å²) >= 11 is 7.88.